The van der Waals surface area contributed by atoms with Gasteiger partial charge in [0.05, 0.1) is 22.4 Å². The van der Waals surface area contributed by atoms with Gasteiger partial charge < -0.3 is 4.57 Å². The average Bonchev–Trinajstić information content (AvgIpc) is 2.86. The zero-order valence-corrected chi connectivity index (χ0v) is 15.9. The summed E-state index contributed by atoms with van der Waals surface area (Å²) in [5.41, 5.74) is 2.35. The summed E-state index contributed by atoms with van der Waals surface area (Å²) in [4.78, 5) is 12.8. The lowest BCUT2D eigenvalue weighted by molar-refractivity contribution is -0.0373. The number of hydrogen-bond acceptors (Lipinski definition) is 3. The van der Waals surface area contributed by atoms with Crippen LogP contribution in [-0.2, 0) is 5.41 Å². The van der Waals surface area contributed by atoms with Crippen molar-refractivity contribution in [2.24, 2.45) is 5.92 Å². The molecule has 4 nitrogen and oxygen atoms in total. The number of rotatable bonds is 3. The number of benzene rings is 1. The van der Waals surface area contributed by atoms with Crippen LogP contribution in [0.2, 0.25) is 10.3 Å². The molecular formula is C19H17Cl2FN4. The standard InChI is InChI=1S/C19H17Cl2FN4/c1-9(2)26-14-4-11(15-12(20)8-23-18(21)25-15)3-13(22)16(14)24-17(26)19-5-10(6-19)7-19/h3-4,8-10H,5-7H2,1-2H3. The maximum atomic E-state index is 14.9. The van der Waals surface area contributed by atoms with E-state index in [1.165, 1.54) is 31.5 Å². The molecule has 6 rings (SSSR count). The normalized spacial score (nSPS) is 24.0. The van der Waals surface area contributed by atoms with Crippen LogP contribution >= 0.6 is 23.2 Å². The summed E-state index contributed by atoms with van der Waals surface area (Å²) in [7, 11) is 0. The minimum Gasteiger partial charge on any atom is -0.325 e. The zero-order valence-electron chi connectivity index (χ0n) is 14.4. The number of aromatic nitrogens is 4. The highest BCUT2D eigenvalue weighted by Gasteiger charge is 2.60. The summed E-state index contributed by atoms with van der Waals surface area (Å²) in [6.45, 7) is 4.21. The summed E-state index contributed by atoms with van der Waals surface area (Å²) in [6.07, 6.45) is 4.95. The molecule has 2 bridgehead atoms. The average molecular weight is 391 g/mol. The van der Waals surface area contributed by atoms with Crippen molar-refractivity contribution in [3.63, 3.8) is 0 Å². The van der Waals surface area contributed by atoms with E-state index >= 15 is 0 Å². The third-order valence-corrected chi connectivity index (χ3v) is 6.22. The third-order valence-electron chi connectivity index (χ3n) is 5.77. The Hall–Kier alpha value is -1.72. The van der Waals surface area contributed by atoms with Gasteiger partial charge in [-0.1, -0.05) is 11.6 Å². The fourth-order valence-corrected chi connectivity index (χ4v) is 4.82. The van der Waals surface area contributed by atoms with Gasteiger partial charge in [0.15, 0.2) is 5.82 Å². The monoisotopic (exact) mass is 390 g/mol. The predicted octanol–water partition coefficient (Wildman–Crippen LogP) is 5.57. The van der Waals surface area contributed by atoms with Crippen molar-refractivity contribution in [1.29, 1.82) is 0 Å². The lowest BCUT2D eigenvalue weighted by Gasteiger charge is -2.61. The van der Waals surface area contributed by atoms with E-state index in [9.17, 15) is 4.39 Å². The van der Waals surface area contributed by atoms with Gasteiger partial charge in [-0.2, -0.15) is 0 Å². The highest BCUT2D eigenvalue weighted by Crippen LogP contribution is 2.65. The maximum Gasteiger partial charge on any atom is 0.222 e. The van der Waals surface area contributed by atoms with Crippen LogP contribution in [-0.4, -0.2) is 19.5 Å². The van der Waals surface area contributed by atoms with Gasteiger partial charge in [-0.05, 0) is 62.8 Å². The van der Waals surface area contributed by atoms with Crippen molar-refractivity contribution in [1.82, 2.24) is 19.5 Å². The molecule has 3 saturated carbocycles. The molecule has 0 spiro atoms. The molecular weight excluding hydrogens is 374 g/mol. The van der Waals surface area contributed by atoms with Crippen LogP contribution in [0.4, 0.5) is 4.39 Å². The molecule has 0 aliphatic heterocycles. The topological polar surface area (TPSA) is 43.6 Å². The lowest BCUT2D eigenvalue weighted by atomic mass is 9.44. The Balaban J connectivity index is 1.76. The Morgan fingerprint density at radius 1 is 1.19 bits per heavy atom. The van der Waals surface area contributed by atoms with E-state index in [2.05, 4.69) is 28.4 Å². The maximum absolute atomic E-state index is 14.9. The second kappa shape index (κ2) is 5.40. The van der Waals surface area contributed by atoms with Gasteiger partial charge in [0.25, 0.3) is 0 Å². The van der Waals surface area contributed by atoms with Gasteiger partial charge in [0.1, 0.15) is 11.3 Å². The van der Waals surface area contributed by atoms with Crippen molar-refractivity contribution in [3.05, 3.63) is 40.3 Å². The molecule has 2 heterocycles. The van der Waals surface area contributed by atoms with E-state index < -0.39 is 0 Å². The summed E-state index contributed by atoms with van der Waals surface area (Å²) < 4.78 is 17.1. The highest BCUT2D eigenvalue weighted by molar-refractivity contribution is 6.33. The smallest absolute Gasteiger partial charge is 0.222 e. The minimum absolute atomic E-state index is 0.0804. The van der Waals surface area contributed by atoms with Crippen LogP contribution in [0.3, 0.4) is 0 Å². The largest absolute Gasteiger partial charge is 0.325 e. The Labute approximate surface area is 160 Å². The molecule has 0 atom stereocenters. The third kappa shape index (κ3) is 2.16. The molecule has 3 aliphatic carbocycles. The van der Waals surface area contributed by atoms with Crippen LogP contribution in [0, 0.1) is 11.7 Å². The first kappa shape index (κ1) is 16.5. The Bertz CT molecular complexity index is 1040. The number of hydrogen-bond donors (Lipinski definition) is 0. The fraction of sp³-hybridized carbons (Fsp3) is 0.421. The second-order valence-corrected chi connectivity index (χ2v) is 8.56. The molecule has 1 aromatic carbocycles. The molecule has 3 aromatic rings. The molecule has 3 fully saturated rings. The van der Waals surface area contributed by atoms with E-state index in [4.69, 9.17) is 28.2 Å². The fourth-order valence-electron chi connectivity index (χ4n) is 4.49. The van der Waals surface area contributed by atoms with Crippen LogP contribution in [0.5, 0.6) is 0 Å². The Morgan fingerprint density at radius 2 is 1.92 bits per heavy atom. The number of imidazole rings is 1. The van der Waals surface area contributed by atoms with Gasteiger partial charge in [-0.25, -0.2) is 19.3 Å². The SMILES string of the molecule is CC(C)n1c(C23CC(C2)C3)nc2c(F)cc(-c3nc(Cl)ncc3Cl)cc21. The molecule has 0 unspecified atom stereocenters. The van der Waals surface area contributed by atoms with Crippen LogP contribution in [0.1, 0.15) is 45.0 Å². The van der Waals surface area contributed by atoms with Gasteiger partial charge in [-0.3, -0.25) is 0 Å². The van der Waals surface area contributed by atoms with Crippen molar-refractivity contribution < 1.29 is 4.39 Å². The van der Waals surface area contributed by atoms with Gasteiger partial charge in [0, 0.05) is 17.0 Å². The molecule has 2 aromatic heterocycles. The molecule has 26 heavy (non-hydrogen) atoms. The first-order valence-corrected chi connectivity index (χ1v) is 9.54. The van der Waals surface area contributed by atoms with Crippen LogP contribution in [0.15, 0.2) is 18.3 Å². The molecule has 0 amide bonds. The zero-order chi connectivity index (χ0) is 18.2. The molecule has 134 valence electrons. The minimum atomic E-state index is -0.365. The number of fused-ring (bicyclic) bond motifs is 1. The van der Waals surface area contributed by atoms with E-state index in [1.807, 2.05) is 6.07 Å². The molecule has 0 N–H and O–H groups in total. The van der Waals surface area contributed by atoms with Crippen LogP contribution in [0.25, 0.3) is 22.3 Å². The summed E-state index contributed by atoms with van der Waals surface area (Å²) in [6, 6.07) is 3.52. The number of halogens is 3. The second-order valence-electron chi connectivity index (χ2n) is 7.82. The van der Waals surface area contributed by atoms with Crippen molar-refractivity contribution >= 4 is 34.2 Å². The Morgan fingerprint density at radius 3 is 2.54 bits per heavy atom. The van der Waals surface area contributed by atoms with Gasteiger partial charge in [0.2, 0.25) is 5.28 Å². The van der Waals surface area contributed by atoms with E-state index in [1.54, 1.807) is 0 Å². The van der Waals surface area contributed by atoms with Crippen molar-refractivity contribution in [2.45, 2.75) is 44.6 Å². The van der Waals surface area contributed by atoms with E-state index in [0.717, 1.165) is 17.3 Å². The summed E-state index contributed by atoms with van der Waals surface area (Å²) in [5.74, 6) is 1.49. The van der Waals surface area contributed by atoms with E-state index in [0.29, 0.717) is 21.8 Å². The quantitative estimate of drug-likeness (QED) is 0.548. The lowest BCUT2D eigenvalue weighted by Crippen LogP contribution is -2.56. The predicted molar refractivity (Wildman–Crippen MR) is 100 cm³/mol. The number of nitrogens with zero attached hydrogens (tertiary/aromatic N) is 4. The van der Waals surface area contributed by atoms with Crippen molar-refractivity contribution in [3.8, 4) is 11.3 Å². The summed E-state index contributed by atoms with van der Waals surface area (Å²) in [5, 5.41) is 0.417. The Kier molecular flexibility index (Phi) is 3.41. The molecule has 0 radical (unpaired) electrons. The molecule has 0 saturated heterocycles. The van der Waals surface area contributed by atoms with E-state index in [-0.39, 0.29) is 22.6 Å². The van der Waals surface area contributed by atoms with Gasteiger partial charge >= 0.3 is 0 Å². The van der Waals surface area contributed by atoms with Gasteiger partial charge in [-0.15, -0.1) is 0 Å². The van der Waals surface area contributed by atoms with Crippen molar-refractivity contribution in [2.75, 3.05) is 0 Å². The van der Waals surface area contributed by atoms with Crippen LogP contribution < -0.4 is 0 Å². The first-order chi connectivity index (χ1) is 12.4. The highest BCUT2D eigenvalue weighted by atomic mass is 35.5. The first-order valence-electron chi connectivity index (χ1n) is 8.78. The molecule has 7 heteroatoms. The molecule has 3 aliphatic rings. The summed E-state index contributed by atoms with van der Waals surface area (Å²) >= 11 is 12.1.